The molecular formula is C19H17Cl2N3O3. The first-order valence-electron chi connectivity index (χ1n) is 8.37. The highest BCUT2D eigenvalue weighted by Gasteiger charge is 2.48. The number of aromatic nitrogens is 3. The van der Waals surface area contributed by atoms with Gasteiger partial charge in [-0.05, 0) is 49.4 Å². The van der Waals surface area contributed by atoms with Crippen LogP contribution in [0.15, 0.2) is 48.8 Å². The highest BCUT2D eigenvalue weighted by molar-refractivity contribution is 6.31. The molecule has 1 aliphatic heterocycles. The van der Waals surface area contributed by atoms with Crippen LogP contribution < -0.4 is 4.74 Å². The van der Waals surface area contributed by atoms with Crippen LogP contribution in [0.2, 0.25) is 10.0 Å². The highest BCUT2D eigenvalue weighted by Crippen LogP contribution is 2.43. The van der Waals surface area contributed by atoms with E-state index in [-0.39, 0.29) is 6.10 Å². The third kappa shape index (κ3) is 3.53. The largest absolute Gasteiger partial charge is 0.457 e. The first kappa shape index (κ1) is 18.3. The molecule has 1 aliphatic rings. The van der Waals surface area contributed by atoms with Gasteiger partial charge in [-0.25, -0.2) is 4.98 Å². The molecule has 140 valence electrons. The van der Waals surface area contributed by atoms with Gasteiger partial charge in [-0.1, -0.05) is 23.2 Å². The molecule has 0 radical (unpaired) electrons. The SMILES string of the molecule is C[C@H]1CO[C@@](c2ncn(C)n2)(c2ccc(Oc3ccc(Cl)cc3)cc2Cl)O1. The number of aryl methyl sites for hydroxylation is 1. The van der Waals surface area contributed by atoms with Crippen LogP contribution in [0.4, 0.5) is 0 Å². The summed E-state index contributed by atoms with van der Waals surface area (Å²) in [4.78, 5) is 4.32. The van der Waals surface area contributed by atoms with E-state index >= 15 is 0 Å². The van der Waals surface area contributed by atoms with Gasteiger partial charge in [0.2, 0.25) is 5.82 Å². The standard InChI is InChI=1S/C19H17Cl2N3O3/c1-12-10-25-19(27-12,18-22-11-24(2)23-18)16-8-7-15(9-17(16)21)26-14-5-3-13(20)4-6-14/h3-9,11-12H,10H2,1-2H3/t12-,19-/m0/s1. The van der Waals surface area contributed by atoms with Gasteiger partial charge >= 0.3 is 0 Å². The summed E-state index contributed by atoms with van der Waals surface area (Å²) in [5, 5.41) is 5.45. The van der Waals surface area contributed by atoms with Crippen LogP contribution in [0.5, 0.6) is 11.5 Å². The number of nitrogens with zero attached hydrogens (tertiary/aromatic N) is 3. The predicted molar refractivity (Wildman–Crippen MR) is 101 cm³/mol. The number of hydrogen-bond donors (Lipinski definition) is 0. The van der Waals surface area contributed by atoms with Crippen LogP contribution in [0.25, 0.3) is 0 Å². The molecule has 0 spiro atoms. The Labute approximate surface area is 166 Å². The minimum absolute atomic E-state index is 0.116. The topological polar surface area (TPSA) is 58.4 Å². The van der Waals surface area contributed by atoms with E-state index in [2.05, 4.69) is 10.1 Å². The molecule has 2 aromatic carbocycles. The molecule has 1 saturated heterocycles. The van der Waals surface area contributed by atoms with Crippen LogP contribution in [0.3, 0.4) is 0 Å². The van der Waals surface area contributed by atoms with Gasteiger partial charge in [0, 0.05) is 17.6 Å². The molecule has 0 unspecified atom stereocenters. The van der Waals surface area contributed by atoms with Gasteiger partial charge < -0.3 is 14.2 Å². The second-order valence-electron chi connectivity index (χ2n) is 6.30. The van der Waals surface area contributed by atoms with Crippen LogP contribution in [0, 0.1) is 0 Å². The molecule has 1 aromatic heterocycles. The smallest absolute Gasteiger partial charge is 0.261 e. The lowest BCUT2D eigenvalue weighted by Gasteiger charge is -2.26. The van der Waals surface area contributed by atoms with E-state index < -0.39 is 5.79 Å². The number of rotatable bonds is 4. The molecule has 3 aromatic rings. The van der Waals surface area contributed by atoms with Crippen molar-refractivity contribution in [2.24, 2.45) is 7.05 Å². The third-order valence-electron chi connectivity index (χ3n) is 4.13. The fourth-order valence-electron chi connectivity index (χ4n) is 2.92. The lowest BCUT2D eigenvalue weighted by Crippen LogP contribution is -2.31. The summed E-state index contributed by atoms with van der Waals surface area (Å²) >= 11 is 12.5. The molecule has 6 nitrogen and oxygen atoms in total. The van der Waals surface area contributed by atoms with E-state index in [4.69, 9.17) is 37.4 Å². The predicted octanol–water partition coefficient (Wildman–Crippen LogP) is 4.55. The van der Waals surface area contributed by atoms with Crippen molar-refractivity contribution in [3.8, 4) is 11.5 Å². The second kappa shape index (κ2) is 7.13. The monoisotopic (exact) mass is 405 g/mol. The molecule has 2 heterocycles. The van der Waals surface area contributed by atoms with E-state index in [1.165, 1.54) is 0 Å². The van der Waals surface area contributed by atoms with Crippen LogP contribution >= 0.6 is 23.2 Å². The summed E-state index contributed by atoms with van der Waals surface area (Å²) in [5.41, 5.74) is 0.628. The fraction of sp³-hybridized carbons (Fsp3) is 0.263. The summed E-state index contributed by atoms with van der Waals surface area (Å²) < 4.78 is 19.5. The Bertz CT molecular complexity index is 961. The van der Waals surface area contributed by atoms with E-state index in [1.807, 2.05) is 13.0 Å². The molecule has 4 rings (SSSR count). The van der Waals surface area contributed by atoms with Crippen molar-refractivity contribution < 1.29 is 14.2 Å². The van der Waals surface area contributed by atoms with E-state index in [9.17, 15) is 0 Å². The number of ether oxygens (including phenoxy) is 3. The van der Waals surface area contributed by atoms with Gasteiger partial charge in [-0.15, -0.1) is 0 Å². The van der Waals surface area contributed by atoms with Crippen molar-refractivity contribution >= 4 is 23.2 Å². The Balaban J connectivity index is 1.68. The molecule has 27 heavy (non-hydrogen) atoms. The van der Waals surface area contributed by atoms with Gasteiger partial charge in [-0.2, -0.15) is 5.10 Å². The molecule has 0 N–H and O–H groups in total. The summed E-state index contributed by atoms with van der Waals surface area (Å²) in [6.45, 7) is 2.34. The molecule has 0 amide bonds. The maximum Gasteiger partial charge on any atom is 0.261 e. The van der Waals surface area contributed by atoms with Gasteiger partial charge in [0.1, 0.15) is 17.8 Å². The highest BCUT2D eigenvalue weighted by atomic mass is 35.5. The van der Waals surface area contributed by atoms with Crippen LogP contribution in [-0.4, -0.2) is 27.5 Å². The summed E-state index contributed by atoms with van der Waals surface area (Å²) in [6.07, 6.45) is 1.48. The van der Waals surface area contributed by atoms with E-state index in [1.54, 1.807) is 54.5 Å². The van der Waals surface area contributed by atoms with Crippen molar-refractivity contribution in [3.63, 3.8) is 0 Å². The molecular weight excluding hydrogens is 389 g/mol. The maximum absolute atomic E-state index is 6.57. The Morgan fingerprint density at radius 1 is 1.15 bits per heavy atom. The lowest BCUT2D eigenvalue weighted by atomic mass is 10.0. The minimum Gasteiger partial charge on any atom is -0.457 e. The fourth-order valence-corrected chi connectivity index (χ4v) is 3.34. The summed E-state index contributed by atoms with van der Waals surface area (Å²) in [7, 11) is 1.78. The Kier molecular flexibility index (Phi) is 4.82. The zero-order valence-electron chi connectivity index (χ0n) is 14.7. The number of hydrogen-bond acceptors (Lipinski definition) is 5. The maximum atomic E-state index is 6.57. The third-order valence-corrected chi connectivity index (χ3v) is 4.69. The Hall–Kier alpha value is -2.12. The average Bonchev–Trinajstić information content (AvgIpc) is 3.24. The molecule has 8 heteroatoms. The number of benzene rings is 2. The summed E-state index contributed by atoms with van der Waals surface area (Å²) in [6, 6.07) is 12.4. The lowest BCUT2D eigenvalue weighted by molar-refractivity contribution is -0.146. The number of halogens is 2. The van der Waals surface area contributed by atoms with Gasteiger partial charge in [-0.3, -0.25) is 4.68 Å². The average molecular weight is 406 g/mol. The molecule has 0 bridgehead atoms. The van der Waals surface area contributed by atoms with Crippen LogP contribution in [-0.2, 0) is 22.3 Å². The van der Waals surface area contributed by atoms with Gasteiger partial charge in [0.25, 0.3) is 5.79 Å². The van der Waals surface area contributed by atoms with E-state index in [0.29, 0.717) is 39.5 Å². The Morgan fingerprint density at radius 2 is 1.89 bits per heavy atom. The van der Waals surface area contributed by atoms with Crippen LogP contribution in [0.1, 0.15) is 18.3 Å². The van der Waals surface area contributed by atoms with Crippen molar-refractivity contribution in [1.82, 2.24) is 14.8 Å². The zero-order valence-corrected chi connectivity index (χ0v) is 16.2. The molecule has 0 aliphatic carbocycles. The Morgan fingerprint density at radius 3 is 2.48 bits per heavy atom. The quantitative estimate of drug-likeness (QED) is 0.636. The zero-order chi connectivity index (χ0) is 19.0. The van der Waals surface area contributed by atoms with Crippen molar-refractivity contribution in [2.75, 3.05) is 6.61 Å². The first-order chi connectivity index (χ1) is 13.0. The van der Waals surface area contributed by atoms with E-state index in [0.717, 1.165) is 0 Å². The molecule has 2 atom stereocenters. The second-order valence-corrected chi connectivity index (χ2v) is 7.14. The van der Waals surface area contributed by atoms with Crippen molar-refractivity contribution in [2.45, 2.75) is 18.8 Å². The molecule has 0 saturated carbocycles. The summed E-state index contributed by atoms with van der Waals surface area (Å²) in [5.74, 6) is 0.409. The van der Waals surface area contributed by atoms with Gasteiger partial charge in [0.05, 0.1) is 17.7 Å². The minimum atomic E-state index is -1.24. The van der Waals surface area contributed by atoms with Crippen molar-refractivity contribution in [1.29, 1.82) is 0 Å². The normalized spacial score (nSPS) is 22.1. The first-order valence-corrected chi connectivity index (χ1v) is 9.13. The molecule has 1 fully saturated rings. The van der Waals surface area contributed by atoms with Gasteiger partial charge in [0.15, 0.2) is 0 Å². The van der Waals surface area contributed by atoms with Crippen molar-refractivity contribution in [3.05, 3.63) is 70.2 Å².